The van der Waals surface area contributed by atoms with Gasteiger partial charge in [0.05, 0.1) is 11.1 Å². The second-order valence-corrected chi connectivity index (χ2v) is 9.93. The number of amides is 2. The van der Waals surface area contributed by atoms with Gasteiger partial charge in [-0.3, -0.25) is 4.98 Å². The van der Waals surface area contributed by atoms with Crippen LogP contribution >= 0.6 is 22.6 Å². The number of carbonyl (C=O) groups excluding carboxylic acids is 1. The van der Waals surface area contributed by atoms with Crippen LogP contribution in [0.1, 0.15) is 37.8 Å². The predicted molar refractivity (Wildman–Crippen MR) is 155 cm³/mol. The lowest BCUT2D eigenvalue weighted by Crippen LogP contribution is -2.35. The van der Waals surface area contributed by atoms with E-state index >= 15 is 0 Å². The number of ether oxygens (including phenoxy) is 2. The van der Waals surface area contributed by atoms with Crippen LogP contribution in [0.25, 0.3) is 10.9 Å². The highest BCUT2D eigenvalue weighted by Gasteiger charge is 2.23. The Balaban J connectivity index is 1.51. The molecule has 1 aliphatic carbocycles. The Morgan fingerprint density at radius 2 is 2.03 bits per heavy atom. The van der Waals surface area contributed by atoms with Crippen LogP contribution in [0.15, 0.2) is 42.6 Å². The summed E-state index contributed by atoms with van der Waals surface area (Å²) in [4.78, 5) is 18.7. The highest BCUT2D eigenvalue weighted by Crippen LogP contribution is 2.34. The molecule has 0 unspecified atom stereocenters. The Morgan fingerprint density at radius 1 is 1.24 bits per heavy atom. The first-order valence-corrected chi connectivity index (χ1v) is 14.3. The number of benzene rings is 2. The fourth-order valence-corrected chi connectivity index (χ4v) is 4.66. The Hall–Kier alpha value is -3.14. The van der Waals surface area contributed by atoms with Crippen molar-refractivity contribution in [3.63, 3.8) is 0 Å². The van der Waals surface area contributed by atoms with Crippen molar-refractivity contribution in [2.75, 3.05) is 31.6 Å². The number of hydrogen-bond donors (Lipinski definition) is 3. The lowest BCUT2D eigenvalue weighted by molar-refractivity contribution is 0.0716. The lowest BCUT2D eigenvalue weighted by atomic mass is 10.1. The standard InChI is InChI=1S/C28H32IN5O4/c1-3-34(4-2)16-21(35)17-37-27-13-25-23(12-19(27)15-30)26(9-10-31-25)38-22-7-8-24(18(11-22)14-29)33-28(36)32-20-5-6-20/h7-13,20-21,35H,3-6,14,16-17H2,1-2H3,(H2,32,33,36)/t21-/m1/s1. The van der Waals surface area contributed by atoms with E-state index in [4.69, 9.17) is 9.47 Å². The molecule has 1 atom stereocenters. The van der Waals surface area contributed by atoms with E-state index in [1.165, 1.54) is 0 Å². The Labute approximate surface area is 236 Å². The zero-order chi connectivity index (χ0) is 27.1. The van der Waals surface area contributed by atoms with Crippen LogP contribution < -0.4 is 20.1 Å². The van der Waals surface area contributed by atoms with E-state index in [9.17, 15) is 15.2 Å². The molecule has 2 aromatic carbocycles. The fourth-order valence-electron chi connectivity index (χ4n) is 4.03. The number of nitriles is 1. The van der Waals surface area contributed by atoms with Crippen molar-refractivity contribution < 1.29 is 19.4 Å². The molecule has 38 heavy (non-hydrogen) atoms. The lowest BCUT2D eigenvalue weighted by Gasteiger charge is -2.22. The summed E-state index contributed by atoms with van der Waals surface area (Å²) in [7, 11) is 0. The molecular weight excluding hydrogens is 597 g/mol. The number of alkyl halides is 1. The van der Waals surface area contributed by atoms with Crippen LogP contribution in [0.5, 0.6) is 17.2 Å². The Bertz CT molecular complexity index is 1320. The SMILES string of the molecule is CCN(CC)C[C@@H](O)COc1cc2nccc(Oc3ccc(NC(=O)NC4CC4)c(CI)c3)c2cc1C#N. The molecule has 3 N–H and O–H groups in total. The van der Waals surface area contributed by atoms with Gasteiger partial charge in [-0.1, -0.05) is 36.4 Å². The summed E-state index contributed by atoms with van der Waals surface area (Å²) in [5.41, 5.74) is 2.61. The van der Waals surface area contributed by atoms with Gasteiger partial charge in [0.1, 0.15) is 36.0 Å². The van der Waals surface area contributed by atoms with Crippen LogP contribution in [-0.2, 0) is 4.43 Å². The highest BCUT2D eigenvalue weighted by molar-refractivity contribution is 14.1. The minimum Gasteiger partial charge on any atom is -0.489 e. The number of fused-ring (bicyclic) bond motifs is 1. The zero-order valence-corrected chi connectivity index (χ0v) is 23.7. The first-order chi connectivity index (χ1) is 18.4. The maximum absolute atomic E-state index is 12.2. The van der Waals surface area contributed by atoms with Gasteiger partial charge in [0.2, 0.25) is 0 Å². The molecular formula is C28H32IN5O4. The van der Waals surface area contributed by atoms with Crippen LogP contribution in [0.2, 0.25) is 0 Å². The summed E-state index contributed by atoms with van der Waals surface area (Å²) in [6.07, 6.45) is 3.02. The van der Waals surface area contributed by atoms with Gasteiger partial charge >= 0.3 is 6.03 Å². The van der Waals surface area contributed by atoms with Crippen molar-refractivity contribution in [1.29, 1.82) is 5.26 Å². The average Bonchev–Trinajstić information content (AvgIpc) is 3.74. The van der Waals surface area contributed by atoms with Gasteiger partial charge in [-0.25, -0.2) is 4.79 Å². The molecule has 2 amide bonds. The molecule has 0 radical (unpaired) electrons. The minimum atomic E-state index is -0.677. The van der Waals surface area contributed by atoms with Crippen LogP contribution in [0.3, 0.4) is 0 Å². The molecule has 0 saturated heterocycles. The van der Waals surface area contributed by atoms with Crippen LogP contribution in [0.4, 0.5) is 10.5 Å². The Kier molecular flexibility index (Phi) is 9.60. The molecule has 1 aromatic heterocycles. The van der Waals surface area contributed by atoms with Gasteiger partial charge in [-0.2, -0.15) is 5.26 Å². The third-order valence-electron chi connectivity index (χ3n) is 6.33. The molecule has 1 saturated carbocycles. The molecule has 4 rings (SSSR count). The Morgan fingerprint density at radius 3 is 2.71 bits per heavy atom. The molecule has 0 spiro atoms. The summed E-state index contributed by atoms with van der Waals surface area (Å²) >= 11 is 2.25. The minimum absolute atomic E-state index is 0.0744. The molecule has 1 aliphatic rings. The van der Waals surface area contributed by atoms with Crippen LogP contribution in [0, 0.1) is 11.3 Å². The number of aromatic nitrogens is 1. The quantitative estimate of drug-likeness (QED) is 0.186. The molecule has 1 fully saturated rings. The molecule has 10 heteroatoms. The van der Waals surface area contributed by atoms with Crippen LogP contribution in [-0.4, -0.2) is 59.4 Å². The topological polar surface area (TPSA) is 120 Å². The number of aliphatic hydroxyl groups is 1. The number of halogens is 1. The summed E-state index contributed by atoms with van der Waals surface area (Å²) < 4.78 is 12.7. The normalized spacial score (nSPS) is 13.7. The highest BCUT2D eigenvalue weighted by atomic mass is 127. The van der Waals surface area contributed by atoms with Crippen molar-refractivity contribution in [3.05, 3.63) is 53.7 Å². The number of likely N-dealkylation sites (N-methyl/N-ethyl adjacent to an activating group) is 1. The summed E-state index contributed by atoms with van der Waals surface area (Å²) in [5.74, 6) is 1.53. The van der Waals surface area contributed by atoms with Gasteiger partial charge in [-0.05, 0) is 61.8 Å². The van der Waals surface area contributed by atoms with E-state index in [1.54, 1.807) is 30.5 Å². The van der Waals surface area contributed by atoms with Gasteiger partial charge in [0.25, 0.3) is 0 Å². The van der Waals surface area contributed by atoms with Gasteiger partial charge in [-0.15, -0.1) is 0 Å². The summed E-state index contributed by atoms with van der Waals surface area (Å²) in [6, 6.07) is 12.9. The molecule has 1 heterocycles. The molecule has 0 aliphatic heterocycles. The number of pyridine rings is 1. The van der Waals surface area contributed by atoms with Crippen molar-refractivity contribution >= 4 is 45.2 Å². The van der Waals surface area contributed by atoms with Crippen molar-refractivity contribution in [2.24, 2.45) is 0 Å². The molecule has 200 valence electrons. The van der Waals surface area contributed by atoms with Crippen molar-refractivity contribution in [2.45, 2.75) is 43.3 Å². The molecule has 3 aromatic rings. The predicted octanol–water partition coefficient (Wildman–Crippen LogP) is 5.20. The van der Waals surface area contributed by atoms with E-state index in [1.807, 2.05) is 26.0 Å². The third-order valence-corrected chi connectivity index (χ3v) is 7.15. The van der Waals surface area contributed by atoms with Gasteiger partial charge in [0, 0.05) is 40.4 Å². The number of rotatable bonds is 12. The van der Waals surface area contributed by atoms with E-state index in [-0.39, 0.29) is 18.7 Å². The largest absolute Gasteiger partial charge is 0.489 e. The first kappa shape index (κ1) is 27.9. The number of anilines is 1. The van der Waals surface area contributed by atoms with E-state index in [2.05, 4.69) is 49.2 Å². The number of urea groups is 1. The van der Waals surface area contributed by atoms with Crippen molar-refractivity contribution in [1.82, 2.24) is 15.2 Å². The third kappa shape index (κ3) is 7.24. The van der Waals surface area contributed by atoms with Crippen molar-refractivity contribution in [3.8, 4) is 23.3 Å². The monoisotopic (exact) mass is 629 g/mol. The maximum atomic E-state index is 12.2. The number of hydrogen-bond acceptors (Lipinski definition) is 7. The van der Waals surface area contributed by atoms with E-state index < -0.39 is 6.10 Å². The number of nitrogens with one attached hydrogen (secondary N) is 2. The zero-order valence-electron chi connectivity index (χ0n) is 21.5. The number of nitrogens with zero attached hydrogens (tertiary/aromatic N) is 3. The van der Waals surface area contributed by atoms with Gasteiger partial charge < -0.3 is 30.1 Å². The molecule has 9 nitrogen and oxygen atoms in total. The second-order valence-electron chi connectivity index (χ2n) is 9.16. The maximum Gasteiger partial charge on any atom is 0.319 e. The molecule has 0 bridgehead atoms. The number of aliphatic hydroxyl groups excluding tert-OH is 1. The average molecular weight is 629 g/mol. The smallest absolute Gasteiger partial charge is 0.319 e. The van der Waals surface area contributed by atoms with E-state index in [0.29, 0.717) is 44.7 Å². The fraction of sp³-hybridized carbons (Fsp3) is 0.393. The first-order valence-electron chi connectivity index (χ1n) is 12.7. The summed E-state index contributed by atoms with van der Waals surface area (Å²) in [5, 5.41) is 26.7. The number of carbonyl (C=O) groups is 1. The van der Waals surface area contributed by atoms with E-state index in [0.717, 1.165) is 37.2 Å². The summed E-state index contributed by atoms with van der Waals surface area (Å²) in [6.45, 7) is 6.34. The second kappa shape index (κ2) is 13.1. The van der Waals surface area contributed by atoms with Gasteiger partial charge in [0.15, 0.2) is 0 Å².